The Morgan fingerprint density at radius 3 is 2.65 bits per heavy atom. The maximum atomic E-state index is 12.1. The second-order valence-electron chi connectivity index (χ2n) is 6.19. The maximum Gasteiger partial charge on any atom is 0.224 e. The van der Waals surface area contributed by atoms with Gasteiger partial charge in [0.15, 0.2) is 0 Å². The minimum absolute atomic E-state index is 0.0547. The quantitative estimate of drug-likeness (QED) is 0.738. The lowest BCUT2D eigenvalue weighted by atomic mass is 9.84. The predicted molar refractivity (Wildman–Crippen MR) is 71.5 cm³/mol. The average Bonchev–Trinajstić information content (AvgIpc) is 2.26. The number of amides is 1. The topological polar surface area (TPSA) is 55.1 Å². The number of rotatable bonds is 4. The highest BCUT2D eigenvalue weighted by atomic mass is 16.1. The summed E-state index contributed by atoms with van der Waals surface area (Å²) in [5, 5.41) is 3.12. The molecule has 0 saturated carbocycles. The van der Waals surface area contributed by atoms with Crippen LogP contribution in [0.15, 0.2) is 12.2 Å². The van der Waals surface area contributed by atoms with Gasteiger partial charge < -0.3 is 11.1 Å². The van der Waals surface area contributed by atoms with Gasteiger partial charge >= 0.3 is 0 Å². The Morgan fingerprint density at radius 2 is 2.18 bits per heavy atom. The monoisotopic (exact) mass is 238 g/mol. The molecule has 2 atom stereocenters. The molecule has 1 rings (SSSR count). The van der Waals surface area contributed by atoms with E-state index < -0.39 is 0 Å². The molecule has 2 unspecified atom stereocenters. The Balaban J connectivity index is 2.46. The number of nitrogens with one attached hydrogen (secondary N) is 1. The van der Waals surface area contributed by atoms with Crippen LogP contribution in [-0.2, 0) is 4.79 Å². The third kappa shape index (κ3) is 5.35. The van der Waals surface area contributed by atoms with Crippen molar-refractivity contribution in [2.75, 3.05) is 6.54 Å². The van der Waals surface area contributed by atoms with E-state index in [1.54, 1.807) is 0 Å². The third-order valence-electron chi connectivity index (χ3n) is 3.13. The Labute approximate surface area is 105 Å². The summed E-state index contributed by atoms with van der Waals surface area (Å²) in [7, 11) is 0. The molecule has 0 fully saturated rings. The van der Waals surface area contributed by atoms with Crippen LogP contribution < -0.4 is 11.1 Å². The Morgan fingerprint density at radius 1 is 1.47 bits per heavy atom. The summed E-state index contributed by atoms with van der Waals surface area (Å²) in [4.78, 5) is 12.1. The van der Waals surface area contributed by atoms with Gasteiger partial charge in [0.1, 0.15) is 0 Å². The molecule has 1 amide bonds. The van der Waals surface area contributed by atoms with E-state index in [1.165, 1.54) is 0 Å². The van der Waals surface area contributed by atoms with Crippen LogP contribution in [0.3, 0.4) is 0 Å². The van der Waals surface area contributed by atoms with Crippen molar-refractivity contribution in [3.05, 3.63) is 12.2 Å². The summed E-state index contributed by atoms with van der Waals surface area (Å²) in [5.74, 6) is 0.0728. The van der Waals surface area contributed by atoms with E-state index in [2.05, 4.69) is 38.2 Å². The molecule has 0 spiro atoms. The van der Waals surface area contributed by atoms with Gasteiger partial charge in [-0.2, -0.15) is 0 Å². The van der Waals surface area contributed by atoms with Gasteiger partial charge in [-0.25, -0.2) is 0 Å². The zero-order valence-corrected chi connectivity index (χ0v) is 11.3. The summed E-state index contributed by atoms with van der Waals surface area (Å²) >= 11 is 0. The molecule has 3 nitrogen and oxygen atoms in total. The van der Waals surface area contributed by atoms with Gasteiger partial charge in [0.25, 0.3) is 0 Å². The van der Waals surface area contributed by atoms with Crippen LogP contribution in [0.25, 0.3) is 0 Å². The first-order valence-corrected chi connectivity index (χ1v) is 6.58. The van der Waals surface area contributed by atoms with Crippen molar-refractivity contribution >= 4 is 5.91 Å². The van der Waals surface area contributed by atoms with Gasteiger partial charge in [0.2, 0.25) is 5.91 Å². The Bertz CT molecular complexity index is 278. The minimum atomic E-state index is -0.0547. The minimum Gasteiger partial charge on any atom is -0.353 e. The first-order valence-electron chi connectivity index (χ1n) is 6.58. The molecule has 1 aliphatic carbocycles. The number of carbonyl (C=O) groups excluding carboxylic acids is 1. The molecule has 98 valence electrons. The smallest absolute Gasteiger partial charge is 0.224 e. The summed E-state index contributed by atoms with van der Waals surface area (Å²) in [6.07, 6.45) is 8.25. The number of carbonyl (C=O) groups is 1. The fraction of sp³-hybridized carbons (Fsp3) is 0.786. The van der Waals surface area contributed by atoms with Gasteiger partial charge in [-0.3, -0.25) is 4.79 Å². The van der Waals surface area contributed by atoms with Crippen LogP contribution in [0.1, 0.15) is 46.5 Å². The van der Waals surface area contributed by atoms with Gasteiger partial charge in [-0.15, -0.1) is 0 Å². The molecule has 0 radical (unpaired) electrons. The molecule has 0 bridgehead atoms. The van der Waals surface area contributed by atoms with E-state index in [1.807, 2.05) is 0 Å². The first kappa shape index (κ1) is 14.2. The second-order valence-corrected chi connectivity index (χ2v) is 6.19. The molecule has 0 aromatic heterocycles. The largest absolute Gasteiger partial charge is 0.353 e. The fourth-order valence-corrected chi connectivity index (χ4v) is 2.27. The highest BCUT2D eigenvalue weighted by Crippen LogP contribution is 2.24. The maximum absolute atomic E-state index is 12.1. The van der Waals surface area contributed by atoms with Crippen LogP contribution in [0, 0.1) is 11.3 Å². The fourth-order valence-electron chi connectivity index (χ4n) is 2.27. The molecule has 0 heterocycles. The standard InChI is InChI=1S/C14H26N2O/c1-14(2,3)9-11(10-15)13(17)16-12-7-5-4-6-8-12/h4-5,11-12H,6-10,15H2,1-3H3,(H,16,17). The van der Waals surface area contributed by atoms with Crippen LogP contribution in [0.4, 0.5) is 0 Å². The van der Waals surface area contributed by atoms with Crippen molar-refractivity contribution in [1.29, 1.82) is 0 Å². The van der Waals surface area contributed by atoms with Gasteiger partial charge in [0, 0.05) is 12.6 Å². The summed E-state index contributed by atoms with van der Waals surface area (Å²) < 4.78 is 0. The summed E-state index contributed by atoms with van der Waals surface area (Å²) in [6, 6.07) is 0.307. The molecule has 3 N–H and O–H groups in total. The first-order chi connectivity index (χ1) is 7.92. The van der Waals surface area contributed by atoms with E-state index >= 15 is 0 Å². The third-order valence-corrected chi connectivity index (χ3v) is 3.13. The molecular formula is C14H26N2O. The van der Waals surface area contributed by atoms with Crippen molar-refractivity contribution in [3.8, 4) is 0 Å². The molecule has 0 aliphatic heterocycles. The normalized spacial score (nSPS) is 22.2. The molecule has 0 aromatic carbocycles. The van der Waals surface area contributed by atoms with Crippen molar-refractivity contribution in [2.24, 2.45) is 17.1 Å². The number of hydrogen-bond donors (Lipinski definition) is 2. The lowest BCUT2D eigenvalue weighted by Gasteiger charge is -2.27. The highest BCUT2D eigenvalue weighted by Gasteiger charge is 2.25. The average molecular weight is 238 g/mol. The van der Waals surface area contributed by atoms with Gasteiger partial charge in [-0.05, 0) is 31.1 Å². The van der Waals surface area contributed by atoms with E-state index in [0.717, 1.165) is 25.7 Å². The van der Waals surface area contributed by atoms with Crippen molar-refractivity contribution < 1.29 is 4.79 Å². The Hall–Kier alpha value is -0.830. The number of hydrogen-bond acceptors (Lipinski definition) is 2. The van der Waals surface area contributed by atoms with Crippen molar-refractivity contribution in [2.45, 2.75) is 52.5 Å². The van der Waals surface area contributed by atoms with Crippen LogP contribution >= 0.6 is 0 Å². The zero-order valence-electron chi connectivity index (χ0n) is 11.3. The zero-order chi connectivity index (χ0) is 12.9. The summed E-state index contributed by atoms with van der Waals surface area (Å²) in [5.41, 5.74) is 5.86. The van der Waals surface area contributed by atoms with Crippen molar-refractivity contribution in [1.82, 2.24) is 5.32 Å². The highest BCUT2D eigenvalue weighted by molar-refractivity contribution is 5.79. The van der Waals surface area contributed by atoms with E-state index in [9.17, 15) is 4.79 Å². The van der Waals surface area contributed by atoms with Crippen LogP contribution in [0.2, 0.25) is 0 Å². The summed E-state index contributed by atoms with van der Waals surface area (Å²) in [6.45, 7) is 6.87. The number of allylic oxidation sites excluding steroid dienone is 1. The van der Waals surface area contributed by atoms with Crippen LogP contribution in [0.5, 0.6) is 0 Å². The van der Waals surface area contributed by atoms with Gasteiger partial charge in [0.05, 0.1) is 5.92 Å². The molecular weight excluding hydrogens is 212 g/mol. The Kier molecular flexibility index (Phi) is 5.19. The van der Waals surface area contributed by atoms with E-state index in [4.69, 9.17) is 5.73 Å². The van der Waals surface area contributed by atoms with Crippen LogP contribution in [-0.4, -0.2) is 18.5 Å². The molecule has 3 heteroatoms. The second kappa shape index (κ2) is 6.20. The molecule has 0 aromatic rings. The van der Waals surface area contributed by atoms with Crippen molar-refractivity contribution in [3.63, 3.8) is 0 Å². The SMILES string of the molecule is CC(C)(C)CC(CN)C(=O)NC1CC=CCC1. The lowest BCUT2D eigenvalue weighted by Crippen LogP contribution is -2.42. The number of nitrogens with two attached hydrogens (primary N) is 1. The van der Waals surface area contributed by atoms with E-state index in [-0.39, 0.29) is 17.2 Å². The molecule has 1 aliphatic rings. The van der Waals surface area contributed by atoms with Gasteiger partial charge in [-0.1, -0.05) is 32.9 Å². The van der Waals surface area contributed by atoms with E-state index in [0.29, 0.717) is 12.6 Å². The molecule has 0 saturated heterocycles. The lowest BCUT2D eigenvalue weighted by molar-refractivity contribution is -0.126. The molecule has 17 heavy (non-hydrogen) atoms. The predicted octanol–water partition coefficient (Wildman–Crippen LogP) is 2.22.